The normalized spacial score (nSPS) is 16.2. The Kier molecular flexibility index (Phi) is 7.09. The van der Waals surface area contributed by atoms with Crippen LogP contribution in [0.4, 0.5) is 0 Å². The highest BCUT2D eigenvalue weighted by molar-refractivity contribution is 5.85. The summed E-state index contributed by atoms with van der Waals surface area (Å²) in [5.41, 5.74) is 1.19. The Morgan fingerprint density at radius 3 is 2.61 bits per heavy atom. The van der Waals surface area contributed by atoms with E-state index in [4.69, 9.17) is 0 Å². The summed E-state index contributed by atoms with van der Waals surface area (Å²) < 4.78 is 2.20. The number of hydrogen-bond donors (Lipinski definition) is 1. The van der Waals surface area contributed by atoms with Gasteiger partial charge in [0.05, 0.1) is 6.54 Å². The minimum atomic E-state index is 0. The third-order valence-corrected chi connectivity index (χ3v) is 4.51. The monoisotopic (exact) mass is 334 g/mol. The second kappa shape index (κ2) is 9.06. The number of nitrogens with zero attached hydrogens (tertiary/aromatic N) is 3. The maximum Gasteiger partial charge on any atom is 0.127 e. The van der Waals surface area contributed by atoms with Crippen LogP contribution in [0, 0.1) is 5.92 Å². The summed E-state index contributed by atoms with van der Waals surface area (Å²) in [6, 6.07) is 10.5. The molecular weight excluding hydrogens is 308 g/mol. The Hall–Kier alpha value is -1.36. The average molecular weight is 335 g/mol. The number of para-hydroxylation sites is 1. The van der Waals surface area contributed by atoms with Crippen molar-refractivity contribution in [3.05, 3.63) is 48.5 Å². The van der Waals surface area contributed by atoms with Gasteiger partial charge in [-0.1, -0.05) is 25.1 Å². The molecule has 4 nitrogen and oxygen atoms in total. The van der Waals surface area contributed by atoms with Crippen LogP contribution in [0.1, 0.15) is 25.6 Å². The molecule has 3 rings (SSSR count). The molecule has 0 saturated carbocycles. The van der Waals surface area contributed by atoms with E-state index in [1.807, 2.05) is 6.20 Å². The zero-order valence-electron chi connectivity index (χ0n) is 13.8. The zero-order valence-corrected chi connectivity index (χ0v) is 14.6. The van der Waals surface area contributed by atoms with Gasteiger partial charge in [-0.3, -0.25) is 4.90 Å². The summed E-state index contributed by atoms with van der Waals surface area (Å²) in [4.78, 5) is 7.10. The maximum absolute atomic E-state index is 4.56. The standard InChI is InChI=1S/C18H26N4.ClH/c1-2-19-14-16-8-11-21(12-9-16)15-18-20-10-13-22(18)17-6-4-3-5-7-17;/h3-7,10,13,16,19H,2,8-9,11-12,14-15H2,1H3;1H. The summed E-state index contributed by atoms with van der Waals surface area (Å²) in [5, 5.41) is 3.47. The van der Waals surface area contributed by atoms with Gasteiger partial charge in [0.25, 0.3) is 0 Å². The van der Waals surface area contributed by atoms with Crippen LogP contribution >= 0.6 is 12.4 Å². The van der Waals surface area contributed by atoms with Gasteiger partial charge in [0.2, 0.25) is 0 Å². The van der Waals surface area contributed by atoms with Gasteiger partial charge in [-0.05, 0) is 57.1 Å². The molecule has 1 saturated heterocycles. The van der Waals surface area contributed by atoms with E-state index < -0.39 is 0 Å². The van der Waals surface area contributed by atoms with Crippen LogP contribution in [-0.4, -0.2) is 40.6 Å². The molecule has 1 aliphatic rings. The summed E-state index contributed by atoms with van der Waals surface area (Å²) in [6.45, 7) is 7.72. The smallest absolute Gasteiger partial charge is 0.127 e. The number of rotatable bonds is 6. The fourth-order valence-electron chi connectivity index (χ4n) is 3.17. The van der Waals surface area contributed by atoms with Crippen molar-refractivity contribution in [1.29, 1.82) is 0 Å². The third kappa shape index (κ3) is 4.80. The van der Waals surface area contributed by atoms with Gasteiger partial charge in [-0.25, -0.2) is 4.98 Å². The number of likely N-dealkylation sites (tertiary alicyclic amines) is 1. The number of benzene rings is 1. The van der Waals surface area contributed by atoms with Gasteiger partial charge in [0, 0.05) is 18.1 Å². The highest BCUT2D eigenvalue weighted by Crippen LogP contribution is 2.19. The van der Waals surface area contributed by atoms with E-state index in [0.717, 1.165) is 24.8 Å². The molecule has 2 aromatic rings. The SMILES string of the molecule is CCNCC1CCN(Cc2nccn2-c2ccccc2)CC1.Cl. The Morgan fingerprint density at radius 2 is 1.91 bits per heavy atom. The number of imidazole rings is 1. The molecule has 1 fully saturated rings. The van der Waals surface area contributed by atoms with Crippen LogP contribution in [-0.2, 0) is 6.54 Å². The van der Waals surface area contributed by atoms with Crippen molar-refractivity contribution in [1.82, 2.24) is 19.8 Å². The van der Waals surface area contributed by atoms with E-state index in [1.54, 1.807) is 0 Å². The average Bonchev–Trinajstić information content (AvgIpc) is 3.03. The van der Waals surface area contributed by atoms with Gasteiger partial charge >= 0.3 is 0 Å². The predicted molar refractivity (Wildman–Crippen MR) is 97.4 cm³/mol. The van der Waals surface area contributed by atoms with E-state index >= 15 is 0 Å². The lowest BCUT2D eigenvalue weighted by molar-refractivity contribution is 0.172. The van der Waals surface area contributed by atoms with Crippen molar-refractivity contribution in [3.8, 4) is 5.69 Å². The molecule has 0 unspecified atom stereocenters. The summed E-state index contributed by atoms with van der Waals surface area (Å²) >= 11 is 0. The molecule has 0 amide bonds. The number of hydrogen-bond acceptors (Lipinski definition) is 3. The van der Waals surface area contributed by atoms with Crippen molar-refractivity contribution >= 4 is 12.4 Å². The second-order valence-electron chi connectivity index (χ2n) is 6.08. The van der Waals surface area contributed by atoms with Crippen LogP contribution < -0.4 is 5.32 Å². The fourth-order valence-corrected chi connectivity index (χ4v) is 3.17. The van der Waals surface area contributed by atoms with Crippen molar-refractivity contribution in [2.24, 2.45) is 5.92 Å². The third-order valence-electron chi connectivity index (χ3n) is 4.51. The van der Waals surface area contributed by atoms with Crippen LogP contribution in [0.25, 0.3) is 5.69 Å². The molecule has 1 aliphatic heterocycles. The molecule has 0 bridgehead atoms. The summed E-state index contributed by atoms with van der Waals surface area (Å²) in [6.07, 6.45) is 6.54. The molecule has 0 radical (unpaired) electrons. The first-order chi connectivity index (χ1) is 10.9. The topological polar surface area (TPSA) is 33.1 Å². The van der Waals surface area contributed by atoms with Gasteiger partial charge in [0.1, 0.15) is 5.82 Å². The first-order valence-electron chi connectivity index (χ1n) is 8.37. The van der Waals surface area contributed by atoms with Gasteiger partial charge in [0.15, 0.2) is 0 Å². The highest BCUT2D eigenvalue weighted by atomic mass is 35.5. The van der Waals surface area contributed by atoms with Crippen molar-refractivity contribution in [3.63, 3.8) is 0 Å². The van der Waals surface area contributed by atoms with E-state index in [2.05, 4.69) is 63.2 Å². The highest BCUT2D eigenvalue weighted by Gasteiger charge is 2.20. The Morgan fingerprint density at radius 1 is 1.17 bits per heavy atom. The molecule has 126 valence electrons. The summed E-state index contributed by atoms with van der Waals surface area (Å²) in [7, 11) is 0. The molecular formula is C18H27ClN4. The maximum atomic E-state index is 4.56. The van der Waals surface area contributed by atoms with Crippen LogP contribution in [0.15, 0.2) is 42.7 Å². The van der Waals surface area contributed by atoms with Crippen molar-refractivity contribution < 1.29 is 0 Å². The van der Waals surface area contributed by atoms with E-state index in [0.29, 0.717) is 0 Å². The Balaban J connectivity index is 0.00000192. The lowest BCUT2D eigenvalue weighted by atomic mass is 9.97. The van der Waals surface area contributed by atoms with Crippen LogP contribution in [0.3, 0.4) is 0 Å². The lowest BCUT2D eigenvalue weighted by Crippen LogP contribution is -2.37. The molecule has 0 spiro atoms. The van der Waals surface area contributed by atoms with Crippen LogP contribution in [0.2, 0.25) is 0 Å². The predicted octanol–water partition coefficient (Wildman–Crippen LogP) is 3.12. The molecule has 0 atom stereocenters. The van der Waals surface area contributed by atoms with Crippen molar-refractivity contribution in [2.45, 2.75) is 26.3 Å². The second-order valence-corrected chi connectivity index (χ2v) is 6.08. The molecule has 1 N–H and O–H groups in total. The molecule has 0 aliphatic carbocycles. The Labute approximate surface area is 145 Å². The summed E-state index contributed by atoms with van der Waals surface area (Å²) in [5.74, 6) is 1.97. The largest absolute Gasteiger partial charge is 0.317 e. The minimum absolute atomic E-state index is 0. The number of halogens is 1. The van der Waals surface area contributed by atoms with Gasteiger partial charge in [-0.15, -0.1) is 12.4 Å². The molecule has 2 heterocycles. The van der Waals surface area contributed by atoms with E-state index in [9.17, 15) is 0 Å². The zero-order chi connectivity index (χ0) is 15.2. The van der Waals surface area contributed by atoms with E-state index in [1.165, 1.54) is 38.2 Å². The first-order valence-corrected chi connectivity index (χ1v) is 8.37. The van der Waals surface area contributed by atoms with Crippen LogP contribution in [0.5, 0.6) is 0 Å². The first kappa shape index (κ1) is 18.0. The number of piperidine rings is 1. The van der Waals surface area contributed by atoms with Gasteiger partial charge < -0.3 is 9.88 Å². The van der Waals surface area contributed by atoms with Gasteiger partial charge in [-0.2, -0.15) is 0 Å². The Bertz CT molecular complexity index is 561. The van der Waals surface area contributed by atoms with Crippen molar-refractivity contribution in [2.75, 3.05) is 26.2 Å². The molecule has 5 heteroatoms. The van der Waals surface area contributed by atoms with E-state index in [-0.39, 0.29) is 12.4 Å². The molecule has 1 aromatic heterocycles. The lowest BCUT2D eigenvalue weighted by Gasteiger charge is -2.31. The molecule has 23 heavy (non-hydrogen) atoms. The number of aromatic nitrogens is 2. The fraction of sp³-hybridized carbons (Fsp3) is 0.500. The minimum Gasteiger partial charge on any atom is -0.317 e. The molecule has 1 aromatic carbocycles. The number of nitrogens with one attached hydrogen (secondary N) is 1. The quantitative estimate of drug-likeness (QED) is 0.881.